The molecule has 174 valence electrons. The monoisotopic (exact) mass is 465 g/mol. The summed E-state index contributed by atoms with van der Waals surface area (Å²) in [5.41, 5.74) is 5.81. The highest BCUT2D eigenvalue weighted by Crippen LogP contribution is 2.31. The van der Waals surface area contributed by atoms with Crippen LogP contribution in [0, 0.1) is 12.7 Å². The second kappa shape index (κ2) is 9.46. The zero-order chi connectivity index (χ0) is 24.4. The second-order valence-corrected chi connectivity index (χ2v) is 8.31. The number of carbonyl (C=O) groups excluding carboxylic acids is 1. The number of halogens is 1. The SMILES string of the molecule is CCC(=O)c1cnc2ccc(-c3nc(CNc4ccccc4F)[nH]c3-c3cccc(C)n3)cc2c1. The number of nitrogens with one attached hydrogen (secondary N) is 2. The first-order valence-corrected chi connectivity index (χ1v) is 11.5. The molecule has 35 heavy (non-hydrogen) atoms. The average molecular weight is 466 g/mol. The first kappa shape index (κ1) is 22.4. The fourth-order valence-electron chi connectivity index (χ4n) is 4.00. The Bertz CT molecular complexity index is 1540. The largest absolute Gasteiger partial charge is 0.375 e. The summed E-state index contributed by atoms with van der Waals surface area (Å²) in [5.74, 6) is 0.379. The Hall–Kier alpha value is -4.39. The van der Waals surface area contributed by atoms with Crippen LogP contribution in [0.4, 0.5) is 10.1 Å². The molecule has 7 heteroatoms. The molecule has 5 rings (SSSR count). The molecule has 3 heterocycles. The molecule has 0 aliphatic carbocycles. The molecule has 6 nitrogen and oxygen atoms in total. The van der Waals surface area contributed by atoms with Gasteiger partial charge in [-0.15, -0.1) is 0 Å². The minimum atomic E-state index is -0.320. The predicted octanol–water partition coefficient (Wildman–Crippen LogP) is 6.34. The molecule has 0 amide bonds. The molecule has 0 spiro atoms. The molecule has 0 fully saturated rings. The Morgan fingerprint density at radius 3 is 2.69 bits per heavy atom. The summed E-state index contributed by atoms with van der Waals surface area (Å²) in [7, 11) is 0. The van der Waals surface area contributed by atoms with Crippen LogP contribution in [0.3, 0.4) is 0 Å². The van der Waals surface area contributed by atoms with Crippen molar-refractivity contribution in [3.8, 4) is 22.6 Å². The third-order valence-corrected chi connectivity index (χ3v) is 5.82. The summed E-state index contributed by atoms with van der Waals surface area (Å²) in [6, 6.07) is 20.1. The number of aromatic amines is 1. The van der Waals surface area contributed by atoms with E-state index in [9.17, 15) is 9.18 Å². The molecule has 0 unspecified atom stereocenters. The molecular weight excluding hydrogens is 441 g/mol. The Kier molecular flexibility index (Phi) is 6.06. The van der Waals surface area contributed by atoms with E-state index in [1.165, 1.54) is 6.07 Å². The number of hydrogen-bond donors (Lipinski definition) is 2. The van der Waals surface area contributed by atoms with E-state index in [0.717, 1.165) is 39.2 Å². The highest BCUT2D eigenvalue weighted by atomic mass is 19.1. The Labute approximate surface area is 202 Å². The summed E-state index contributed by atoms with van der Waals surface area (Å²) >= 11 is 0. The smallest absolute Gasteiger partial charge is 0.164 e. The summed E-state index contributed by atoms with van der Waals surface area (Å²) in [6.45, 7) is 4.09. The number of ketones is 1. The van der Waals surface area contributed by atoms with Gasteiger partial charge in [-0.1, -0.05) is 31.2 Å². The summed E-state index contributed by atoms with van der Waals surface area (Å²) in [5, 5.41) is 3.96. The molecular formula is C28H24FN5O. The molecule has 3 aromatic heterocycles. The number of H-pyrrole nitrogens is 1. The molecule has 0 saturated heterocycles. The Morgan fingerprint density at radius 1 is 1.03 bits per heavy atom. The van der Waals surface area contributed by atoms with Crippen molar-refractivity contribution in [2.24, 2.45) is 0 Å². The van der Waals surface area contributed by atoms with Gasteiger partial charge in [0.25, 0.3) is 0 Å². The van der Waals surface area contributed by atoms with E-state index in [0.29, 0.717) is 30.0 Å². The lowest BCUT2D eigenvalue weighted by molar-refractivity contribution is 0.0988. The molecule has 5 aromatic rings. The lowest BCUT2D eigenvalue weighted by Crippen LogP contribution is -2.02. The van der Waals surface area contributed by atoms with Gasteiger partial charge in [-0.3, -0.25) is 14.8 Å². The number of fused-ring (bicyclic) bond motifs is 1. The van der Waals surface area contributed by atoms with E-state index in [1.807, 2.05) is 56.3 Å². The fourth-order valence-corrected chi connectivity index (χ4v) is 4.00. The number of aromatic nitrogens is 4. The van der Waals surface area contributed by atoms with Crippen LogP contribution in [0.5, 0.6) is 0 Å². The molecule has 0 bridgehead atoms. The number of pyridine rings is 2. The number of para-hydroxylation sites is 1. The minimum absolute atomic E-state index is 0.0516. The minimum Gasteiger partial charge on any atom is -0.375 e. The van der Waals surface area contributed by atoms with Gasteiger partial charge >= 0.3 is 0 Å². The van der Waals surface area contributed by atoms with E-state index in [4.69, 9.17) is 4.98 Å². The number of hydrogen-bond acceptors (Lipinski definition) is 5. The van der Waals surface area contributed by atoms with E-state index < -0.39 is 0 Å². The summed E-state index contributed by atoms with van der Waals surface area (Å²) in [4.78, 5) is 29.5. The molecule has 2 aromatic carbocycles. The summed E-state index contributed by atoms with van der Waals surface area (Å²) < 4.78 is 14.1. The van der Waals surface area contributed by atoms with E-state index in [2.05, 4.69) is 20.3 Å². The standard InChI is InChI=1S/C28H24FN5O/c1-3-25(35)20-14-19-13-18(11-12-22(19)30-15-20)27-28(24-10-6-7-17(2)32-24)34-26(33-27)16-31-23-9-5-4-8-21(23)29/h4-15,31H,3,16H2,1-2H3,(H,33,34). The maximum absolute atomic E-state index is 14.1. The van der Waals surface area contributed by atoms with Gasteiger partial charge in [-0.05, 0) is 49.4 Å². The van der Waals surface area contributed by atoms with Crippen LogP contribution in [0.15, 0.2) is 72.9 Å². The molecule has 0 atom stereocenters. The molecule has 2 N–H and O–H groups in total. The van der Waals surface area contributed by atoms with Crippen molar-refractivity contribution in [2.75, 3.05) is 5.32 Å². The number of benzene rings is 2. The number of nitrogens with zero attached hydrogens (tertiary/aromatic N) is 3. The average Bonchev–Trinajstić information content (AvgIpc) is 3.31. The van der Waals surface area contributed by atoms with E-state index in [1.54, 1.807) is 24.4 Å². The Morgan fingerprint density at radius 2 is 1.89 bits per heavy atom. The lowest BCUT2D eigenvalue weighted by atomic mass is 10.0. The highest BCUT2D eigenvalue weighted by Gasteiger charge is 2.17. The molecule has 0 aliphatic heterocycles. The van der Waals surface area contributed by atoms with Crippen molar-refractivity contribution >= 4 is 22.4 Å². The van der Waals surface area contributed by atoms with Crippen molar-refractivity contribution in [1.29, 1.82) is 0 Å². The zero-order valence-electron chi connectivity index (χ0n) is 19.5. The topological polar surface area (TPSA) is 83.6 Å². The van der Waals surface area contributed by atoms with Gasteiger partial charge in [0.05, 0.1) is 34.8 Å². The van der Waals surface area contributed by atoms with Crippen LogP contribution >= 0.6 is 0 Å². The second-order valence-electron chi connectivity index (χ2n) is 8.31. The predicted molar refractivity (Wildman–Crippen MR) is 136 cm³/mol. The molecule has 0 radical (unpaired) electrons. The van der Waals surface area contributed by atoms with Gasteiger partial charge in [0, 0.05) is 34.8 Å². The van der Waals surface area contributed by atoms with Crippen molar-refractivity contribution < 1.29 is 9.18 Å². The zero-order valence-corrected chi connectivity index (χ0v) is 19.5. The van der Waals surface area contributed by atoms with Gasteiger partial charge < -0.3 is 10.3 Å². The maximum Gasteiger partial charge on any atom is 0.164 e. The number of rotatable bonds is 7. The van der Waals surface area contributed by atoms with Gasteiger partial charge in [0.2, 0.25) is 0 Å². The number of Topliss-reactive ketones (excluding diaryl/α,β-unsaturated/α-hetero) is 1. The van der Waals surface area contributed by atoms with Crippen molar-refractivity contribution in [2.45, 2.75) is 26.8 Å². The van der Waals surface area contributed by atoms with Crippen molar-refractivity contribution in [3.63, 3.8) is 0 Å². The first-order valence-electron chi connectivity index (χ1n) is 11.5. The molecule has 0 saturated carbocycles. The van der Waals surface area contributed by atoms with Crippen LogP contribution in [-0.2, 0) is 6.54 Å². The lowest BCUT2D eigenvalue weighted by Gasteiger charge is -2.06. The van der Waals surface area contributed by atoms with Gasteiger partial charge in [0.1, 0.15) is 11.6 Å². The first-order chi connectivity index (χ1) is 17.0. The highest BCUT2D eigenvalue weighted by molar-refractivity contribution is 5.99. The van der Waals surface area contributed by atoms with Crippen LogP contribution in [-0.4, -0.2) is 25.7 Å². The van der Waals surface area contributed by atoms with Crippen LogP contribution in [0.2, 0.25) is 0 Å². The summed E-state index contributed by atoms with van der Waals surface area (Å²) in [6.07, 6.45) is 2.05. The van der Waals surface area contributed by atoms with Crippen molar-refractivity contribution in [1.82, 2.24) is 19.9 Å². The van der Waals surface area contributed by atoms with Gasteiger partial charge in [0.15, 0.2) is 5.78 Å². The van der Waals surface area contributed by atoms with Crippen molar-refractivity contribution in [3.05, 3.63) is 95.8 Å². The number of carbonyl (C=O) groups is 1. The fraction of sp³-hybridized carbons (Fsp3) is 0.143. The Balaban J connectivity index is 1.57. The third-order valence-electron chi connectivity index (χ3n) is 5.82. The molecule has 0 aliphatic rings. The normalized spacial score (nSPS) is 11.1. The van der Waals surface area contributed by atoms with E-state index >= 15 is 0 Å². The van der Waals surface area contributed by atoms with Gasteiger partial charge in [-0.25, -0.2) is 9.37 Å². The van der Waals surface area contributed by atoms with Gasteiger partial charge in [-0.2, -0.15) is 0 Å². The quantitative estimate of drug-likeness (QED) is 0.274. The van der Waals surface area contributed by atoms with Crippen LogP contribution < -0.4 is 5.32 Å². The van der Waals surface area contributed by atoms with Crippen LogP contribution in [0.25, 0.3) is 33.5 Å². The third kappa shape index (κ3) is 4.66. The maximum atomic E-state index is 14.1. The number of anilines is 1. The number of aryl methyl sites for hydroxylation is 1. The van der Waals surface area contributed by atoms with Crippen LogP contribution in [0.1, 0.15) is 35.2 Å². The van der Waals surface area contributed by atoms with E-state index in [-0.39, 0.29) is 11.6 Å². The number of imidazole rings is 1.